The Balaban J connectivity index is 2.27. The van der Waals surface area contributed by atoms with Crippen LogP contribution >= 0.6 is 15.9 Å². The van der Waals surface area contributed by atoms with Crippen molar-refractivity contribution in [3.05, 3.63) is 51.3 Å². The molecule has 0 fully saturated rings. The van der Waals surface area contributed by atoms with E-state index < -0.39 is 5.97 Å². The smallest absolute Gasteiger partial charge is 0.354 e. The Kier molecular flexibility index (Phi) is 3.94. The first-order chi connectivity index (χ1) is 9.38. The Bertz CT molecular complexity index is 692. The lowest BCUT2D eigenvalue weighted by molar-refractivity contribution is 0.0692. The van der Waals surface area contributed by atoms with E-state index in [2.05, 4.69) is 26.2 Å². The van der Waals surface area contributed by atoms with Crippen molar-refractivity contribution in [3.8, 4) is 0 Å². The van der Waals surface area contributed by atoms with Crippen LogP contribution in [0.4, 0.5) is 5.69 Å². The molecule has 1 heterocycles. The van der Waals surface area contributed by atoms with Gasteiger partial charge in [-0.15, -0.1) is 0 Å². The summed E-state index contributed by atoms with van der Waals surface area (Å²) < 4.78 is 0.915. The van der Waals surface area contributed by atoms with Gasteiger partial charge in [0.15, 0.2) is 0 Å². The van der Waals surface area contributed by atoms with Crippen molar-refractivity contribution in [1.82, 2.24) is 4.98 Å². The Labute approximate surface area is 124 Å². The summed E-state index contributed by atoms with van der Waals surface area (Å²) >= 11 is 3.36. The van der Waals surface area contributed by atoms with Crippen LogP contribution in [0.2, 0.25) is 0 Å². The van der Waals surface area contributed by atoms with Crippen molar-refractivity contribution in [2.45, 2.75) is 13.8 Å². The molecular weight excluding hydrogens is 324 g/mol. The number of carboxylic acid groups (broad SMARTS) is 1. The zero-order valence-electron chi connectivity index (χ0n) is 11.0. The number of nitrogens with one attached hydrogen (secondary N) is 2. The maximum absolute atomic E-state index is 12.1. The number of halogens is 1. The highest BCUT2D eigenvalue weighted by Crippen LogP contribution is 2.20. The van der Waals surface area contributed by atoms with Crippen molar-refractivity contribution < 1.29 is 14.7 Å². The van der Waals surface area contributed by atoms with E-state index in [9.17, 15) is 9.59 Å². The molecule has 0 bridgehead atoms. The van der Waals surface area contributed by atoms with Crippen LogP contribution in [0.5, 0.6) is 0 Å². The molecule has 0 unspecified atom stereocenters. The minimum absolute atomic E-state index is 0.0234. The van der Waals surface area contributed by atoms with Gasteiger partial charge in [-0.2, -0.15) is 0 Å². The predicted octanol–water partition coefficient (Wildman–Crippen LogP) is 3.34. The van der Waals surface area contributed by atoms with Gasteiger partial charge < -0.3 is 15.4 Å². The minimum atomic E-state index is -1.11. The quantitative estimate of drug-likeness (QED) is 0.803. The molecule has 0 aliphatic heterocycles. The highest BCUT2D eigenvalue weighted by molar-refractivity contribution is 9.10. The number of benzene rings is 1. The zero-order valence-corrected chi connectivity index (χ0v) is 12.5. The first-order valence-corrected chi connectivity index (χ1v) is 6.68. The van der Waals surface area contributed by atoms with Gasteiger partial charge in [-0.3, -0.25) is 4.79 Å². The Morgan fingerprint density at radius 1 is 1.25 bits per heavy atom. The molecule has 0 saturated heterocycles. The third kappa shape index (κ3) is 2.91. The molecule has 0 aliphatic rings. The molecule has 1 aromatic carbocycles. The molecule has 104 valence electrons. The van der Waals surface area contributed by atoms with E-state index in [0.29, 0.717) is 11.3 Å². The van der Waals surface area contributed by atoms with E-state index in [1.54, 1.807) is 31.2 Å². The highest BCUT2D eigenvalue weighted by Gasteiger charge is 2.16. The number of hydrogen-bond donors (Lipinski definition) is 3. The average molecular weight is 337 g/mol. The van der Waals surface area contributed by atoms with Crippen LogP contribution in [0.3, 0.4) is 0 Å². The second kappa shape index (κ2) is 5.50. The standard InChI is InChI=1S/C14H13BrN2O3/c1-7-5-9(3-4-10(7)15)13(18)17-11-6-8(2)16-12(11)14(19)20/h3-6,16H,1-2H3,(H,17,18)(H,19,20). The molecule has 0 spiro atoms. The van der Waals surface area contributed by atoms with Gasteiger partial charge in [0.1, 0.15) is 5.69 Å². The number of aryl methyl sites for hydroxylation is 2. The van der Waals surface area contributed by atoms with Crippen LogP contribution in [0.1, 0.15) is 32.1 Å². The van der Waals surface area contributed by atoms with Gasteiger partial charge >= 0.3 is 5.97 Å². The summed E-state index contributed by atoms with van der Waals surface area (Å²) in [5, 5.41) is 11.7. The van der Waals surface area contributed by atoms with E-state index in [-0.39, 0.29) is 17.3 Å². The second-order valence-corrected chi connectivity index (χ2v) is 5.32. The normalized spacial score (nSPS) is 10.3. The molecular formula is C14H13BrN2O3. The number of aromatic carboxylic acids is 1. The van der Waals surface area contributed by atoms with E-state index >= 15 is 0 Å². The zero-order chi connectivity index (χ0) is 14.9. The summed E-state index contributed by atoms with van der Waals surface area (Å²) in [5.74, 6) is -1.46. The fraction of sp³-hybridized carbons (Fsp3) is 0.143. The summed E-state index contributed by atoms with van der Waals surface area (Å²) in [7, 11) is 0. The van der Waals surface area contributed by atoms with Crippen molar-refractivity contribution >= 4 is 33.5 Å². The lowest BCUT2D eigenvalue weighted by Crippen LogP contribution is -2.14. The van der Waals surface area contributed by atoms with Crippen molar-refractivity contribution in [2.75, 3.05) is 5.32 Å². The van der Waals surface area contributed by atoms with Gasteiger partial charge in [0.05, 0.1) is 5.69 Å². The summed E-state index contributed by atoms with van der Waals surface area (Å²) in [6.07, 6.45) is 0. The van der Waals surface area contributed by atoms with E-state index in [0.717, 1.165) is 10.0 Å². The number of anilines is 1. The molecule has 6 heteroatoms. The van der Waals surface area contributed by atoms with E-state index in [4.69, 9.17) is 5.11 Å². The van der Waals surface area contributed by atoms with Gasteiger partial charge in [0.25, 0.3) is 5.91 Å². The third-order valence-electron chi connectivity index (χ3n) is 2.83. The molecule has 0 atom stereocenters. The number of rotatable bonds is 3. The maximum Gasteiger partial charge on any atom is 0.354 e. The maximum atomic E-state index is 12.1. The average Bonchev–Trinajstić information content (AvgIpc) is 2.73. The SMILES string of the molecule is Cc1cc(NC(=O)c2ccc(Br)c(C)c2)c(C(=O)O)[nH]1. The number of H-pyrrole nitrogens is 1. The molecule has 0 radical (unpaired) electrons. The van der Waals surface area contributed by atoms with Crippen LogP contribution in [0.15, 0.2) is 28.7 Å². The summed E-state index contributed by atoms with van der Waals surface area (Å²) in [6, 6.07) is 6.78. The number of carbonyl (C=O) groups is 2. The first-order valence-electron chi connectivity index (χ1n) is 5.89. The second-order valence-electron chi connectivity index (χ2n) is 4.46. The van der Waals surface area contributed by atoms with Crippen molar-refractivity contribution in [3.63, 3.8) is 0 Å². The van der Waals surface area contributed by atoms with Gasteiger partial charge in [0.2, 0.25) is 0 Å². The van der Waals surface area contributed by atoms with E-state index in [1.165, 1.54) is 0 Å². The van der Waals surface area contributed by atoms with Gasteiger partial charge in [-0.1, -0.05) is 15.9 Å². The van der Waals surface area contributed by atoms with Gasteiger partial charge in [-0.05, 0) is 43.7 Å². The van der Waals surface area contributed by atoms with Crippen LogP contribution < -0.4 is 5.32 Å². The Morgan fingerprint density at radius 3 is 2.55 bits per heavy atom. The van der Waals surface area contributed by atoms with Crippen molar-refractivity contribution in [1.29, 1.82) is 0 Å². The molecule has 2 rings (SSSR count). The number of aromatic amines is 1. The predicted molar refractivity (Wildman–Crippen MR) is 79.3 cm³/mol. The molecule has 1 aromatic heterocycles. The fourth-order valence-corrected chi connectivity index (χ4v) is 2.08. The lowest BCUT2D eigenvalue weighted by Gasteiger charge is -2.06. The number of hydrogen-bond acceptors (Lipinski definition) is 2. The number of amides is 1. The number of carboxylic acids is 1. The van der Waals surface area contributed by atoms with E-state index in [1.807, 2.05) is 6.92 Å². The monoisotopic (exact) mass is 336 g/mol. The number of carbonyl (C=O) groups excluding carboxylic acids is 1. The largest absolute Gasteiger partial charge is 0.477 e. The summed E-state index contributed by atoms with van der Waals surface area (Å²) in [5.41, 5.74) is 2.32. The molecule has 1 amide bonds. The van der Waals surface area contributed by atoms with Gasteiger partial charge in [0, 0.05) is 15.7 Å². The van der Waals surface area contributed by atoms with Crippen molar-refractivity contribution in [2.24, 2.45) is 0 Å². The molecule has 0 saturated carbocycles. The van der Waals surface area contributed by atoms with Crippen LogP contribution in [-0.4, -0.2) is 22.0 Å². The highest BCUT2D eigenvalue weighted by atomic mass is 79.9. The topological polar surface area (TPSA) is 82.2 Å². The summed E-state index contributed by atoms with van der Waals surface area (Å²) in [4.78, 5) is 25.9. The van der Waals surface area contributed by atoms with Crippen LogP contribution in [0.25, 0.3) is 0 Å². The van der Waals surface area contributed by atoms with Gasteiger partial charge in [-0.25, -0.2) is 4.79 Å². The molecule has 20 heavy (non-hydrogen) atoms. The molecule has 5 nitrogen and oxygen atoms in total. The molecule has 2 aromatic rings. The minimum Gasteiger partial charge on any atom is -0.477 e. The van der Waals surface area contributed by atoms with Crippen LogP contribution in [-0.2, 0) is 0 Å². The first kappa shape index (κ1) is 14.3. The Morgan fingerprint density at radius 2 is 1.95 bits per heavy atom. The summed E-state index contributed by atoms with van der Waals surface area (Å²) in [6.45, 7) is 3.61. The number of aromatic nitrogens is 1. The Hall–Kier alpha value is -2.08. The lowest BCUT2D eigenvalue weighted by atomic mass is 10.1. The third-order valence-corrected chi connectivity index (χ3v) is 3.72. The molecule has 3 N–H and O–H groups in total. The molecule has 0 aliphatic carbocycles. The van der Waals surface area contributed by atoms with Crippen LogP contribution in [0, 0.1) is 13.8 Å². The fourth-order valence-electron chi connectivity index (χ4n) is 1.84.